The highest BCUT2D eigenvalue weighted by Gasteiger charge is 2.27. The summed E-state index contributed by atoms with van der Waals surface area (Å²) >= 11 is 1.48. The van der Waals surface area contributed by atoms with Crippen molar-refractivity contribution < 1.29 is 18.7 Å². The van der Waals surface area contributed by atoms with E-state index in [0.717, 1.165) is 0 Å². The van der Waals surface area contributed by atoms with Crippen LogP contribution in [0.5, 0.6) is 0 Å². The van der Waals surface area contributed by atoms with Gasteiger partial charge in [0.05, 0.1) is 12.8 Å². The number of nitrogens with one attached hydrogen (secondary N) is 1. The molecule has 2 N–H and O–H groups in total. The third-order valence-corrected chi connectivity index (χ3v) is 3.85. The topological polar surface area (TPSA) is 62.5 Å². The predicted octanol–water partition coefficient (Wildman–Crippen LogP) is 2.92. The lowest BCUT2D eigenvalue weighted by Crippen LogP contribution is -2.38. The highest BCUT2D eigenvalue weighted by Crippen LogP contribution is 2.20. The number of halogens is 1. The minimum Gasteiger partial charge on any atom is -0.466 e. The Kier molecular flexibility index (Phi) is 5.26. The summed E-state index contributed by atoms with van der Waals surface area (Å²) in [5, 5.41) is 12.9. The summed E-state index contributed by atoms with van der Waals surface area (Å²) in [5.74, 6) is 0.175. The van der Waals surface area contributed by atoms with E-state index >= 15 is 0 Å². The van der Waals surface area contributed by atoms with E-state index in [4.69, 9.17) is 4.42 Å². The van der Waals surface area contributed by atoms with Crippen LogP contribution in [0.2, 0.25) is 0 Å². The number of benzene rings is 1. The zero-order valence-corrected chi connectivity index (χ0v) is 13.2. The van der Waals surface area contributed by atoms with Gasteiger partial charge in [0, 0.05) is 11.3 Å². The number of thioether (sulfide) groups is 1. The van der Waals surface area contributed by atoms with Gasteiger partial charge in [-0.2, -0.15) is 11.8 Å². The van der Waals surface area contributed by atoms with Gasteiger partial charge in [-0.25, -0.2) is 4.39 Å². The highest BCUT2D eigenvalue weighted by molar-refractivity contribution is 7.97. The van der Waals surface area contributed by atoms with Crippen LogP contribution in [0, 0.1) is 5.82 Å². The number of carbonyl (C=O) groups excluding carboxylic acids is 1. The van der Waals surface area contributed by atoms with E-state index in [-0.39, 0.29) is 18.3 Å². The maximum absolute atomic E-state index is 13.6. The maximum Gasteiger partial charge on any atom is 0.251 e. The van der Waals surface area contributed by atoms with Crippen molar-refractivity contribution in [3.05, 3.63) is 59.3 Å². The molecule has 1 aromatic carbocycles. The van der Waals surface area contributed by atoms with Crippen LogP contribution in [0.15, 0.2) is 41.0 Å². The minimum absolute atomic E-state index is 0.00537. The van der Waals surface area contributed by atoms with E-state index in [9.17, 15) is 14.3 Å². The SMILES string of the molecule is CSCc1cc(C(=O)NCC(C)(O)c2ccco2)ccc1F. The molecule has 0 bridgehead atoms. The summed E-state index contributed by atoms with van der Waals surface area (Å²) in [7, 11) is 0. The quantitative estimate of drug-likeness (QED) is 0.858. The molecule has 22 heavy (non-hydrogen) atoms. The Balaban J connectivity index is 2.05. The smallest absolute Gasteiger partial charge is 0.251 e. The molecule has 0 aliphatic carbocycles. The van der Waals surface area contributed by atoms with Gasteiger partial charge in [0.1, 0.15) is 17.2 Å². The molecule has 6 heteroatoms. The van der Waals surface area contributed by atoms with Gasteiger partial charge in [-0.15, -0.1) is 0 Å². The summed E-state index contributed by atoms with van der Waals surface area (Å²) in [4.78, 5) is 12.1. The number of furan rings is 1. The van der Waals surface area contributed by atoms with Crippen molar-refractivity contribution in [3.63, 3.8) is 0 Å². The Bertz CT molecular complexity index is 641. The summed E-state index contributed by atoms with van der Waals surface area (Å²) < 4.78 is 18.7. The zero-order valence-electron chi connectivity index (χ0n) is 12.4. The largest absolute Gasteiger partial charge is 0.466 e. The molecule has 0 saturated heterocycles. The molecule has 1 unspecified atom stereocenters. The summed E-state index contributed by atoms with van der Waals surface area (Å²) in [6, 6.07) is 7.55. The van der Waals surface area contributed by atoms with Gasteiger partial charge in [-0.05, 0) is 49.1 Å². The first-order chi connectivity index (χ1) is 10.4. The van der Waals surface area contributed by atoms with Crippen molar-refractivity contribution in [3.8, 4) is 0 Å². The molecule has 1 heterocycles. The third kappa shape index (κ3) is 3.90. The number of rotatable bonds is 6. The van der Waals surface area contributed by atoms with Crippen LogP contribution in [-0.2, 0) is 11.4 Å². The van der Waals surface area contributed by atoms with Gasteiger partial charge in [0.2, 0.25) is 0 Å². The lowest BCUT2D eigenvalue weighted by atomic mass is 10.0. The zero-order chi connectivity index (χ0) is 16.2. The summed E-state index contributed by atoms with van der Waals surface area (Å²) in [6.45, 7) is 1.55. The van der Waals surface area contributed by atoms with Crippen molar-refractivity contribution >= 4 is 17.7 Å². The molecule has 1 amide bonds. The number of hydrogen-bond donors (Lipinski definition) is 2. The molecule has 2 rings (SSSR count). The highest BCUT2D eigenvalue weighted by atomic mass is 32.2. The van der Waals surface area contributed by atoms with Gasteiger partial charge in [-0.3, -0.25) is 4.79 Å². The van der Waals surface area contributed by atoms with Crippen LogP contribution in [-0.4, -0.2) is 23.8 Å². The van der Waals surface area contributed by atoms with Crippen LogP contribution in [0.1, 0.15) is 28.6 Å². The Morgan fingerprint density at radius 2 is 2.23 bits per heavy atom. The fourth-order valence-corrected chi connectivity index (χ4v) is 2.54. The van der Waals surface area contributed by atoms with Crippen molar-refractivity contribution in [2.45, 2.75) is 18.3 Å². The van der Waals surface area contributed by atoms with Gasteiger partial charge in [0.15, 0.2) is 0 Å². The van der Waals surface area contributed by atoms with Crippen LogP contribution in [0.25, 0.3) is 0 Å². The fourth-order valence-electron chi connectivity index (χ4n) is 2.01. The van der Waals surface area contributed by atoms with Gasteiger partial charge in [-0.1, -0.05) is 0 Å². The minimum atomic E-state index is -1.30. The second-order valence-corrected chi connectivity index (χ2v) is 6.04. The average Bonchev–Trinajstić information content (AvgIpc) is 3.02. The third-order valence-electron chi connectivity index (χ3n) is 3.25. The second-order valence-electron chi connectivity index (χ2n) is 5.17. The molecule has 0 radical (unpaired) electrons. The predicted molar refractivity (Wildman–Crippen MR) is 84.2 cm³/mol. The average molecular weight is 323 g/mol. The normalized spacial score (nSPS) is 13.6. The van der Waals surface area contributed by atoms with E-state index in [1.165, 1.54) is 36.2 Å². The van der Waals surface area contributed by atoms with Crippen LogP contribution in [0.4, 0.5) is 4.39 Å². The van der Waals surface area contributed by atoms with E-state index in [2.05, 4.69) is 5.32 Å². The van der Waals surface area contributed by atoms with E-state index in [1.807, 2.05) is 6.26 Å². The lowest BCUT2D eigenvalue weighted by molar-refractivity contribution is 0.0330. The first kappa shape index (κ1) is 16.6. The van der Waals surface area contributed by atoms with Gasteiger partial charge < -0.3 is 14.8 Å². The standard InChI is InChI=1S/C16H18FNO3S/c1-16(20,14-4-3-7-21-14)10-18-15(19)11-5-6-13(17)12(8-11)9-22-2/h3-8,20H,9-10H2,1-2H3,(H,18,19). The molecule has 118 valence electrons. The molecule has 0 aliphatic rings. The molecule has 2 aromatic rings. The monoisotopic (exact) mass is 323 g/mol. The summed E-state index contributed by atoms with van der Waals surface area (Å²) in [6.07, 6.45) is 3.33. The molecule has 4 nitrogen and oxygen atoms in total. The van der Waals surface area contributed by atoms with E-state index in [0.29, 0.717) is 22.6 Å². The molecular formula is C16H18FNO3S. The molecular weight excluding hydrogens is 305 g/mol. The van der Waals surface area contributed by atoms with Crippen molar-refractivity contribution in [1.29, 1.82) is 0 Å². The maximum atomic E-state index is 13.6. The molecule has 0 aliphatic heterocycles. The summed E-state index contributed by atoms with van der Waals surface area (Å²) in [5.41, 5.74) is -0.458. The van der Waals surface area contributed by atoms with Crippen molar-refractivity contribution in [2.24, 2.45) is 0 Å². The molecule has 0 saturated carbocycles. The Morgan fingerprint density at radius 3 is 2.86 bits per heavy atom. The van der Waals surface area contributed by atoms with Crippen LogP contribution in [0.3, 0.4) is 0 Å². The van der Waals surface area contributed by atoms with Crippen LogP contribution < -0.4 is 5.32 Å². The van der Waals surface area contributed by atoms with E-state index < -0.39 is 5.60 Å². The number of carbonyl (C=O) groups is 1. The fraction of sp³-hybridized carbons (Fsp3) is 0.312. The number of amides is 1. The molecule has 1 atom stereocenters. The Morgan fingerprint density at radius 1 is 1.45 bits per heavy atom. The molecule has 0 fully saturated rings. The lowest BCUT2D eigenvalue weighted by Gasteiger charge is -2.21. The van der Waals surface area contributed by atoms with Crippen LogP contribution >= 0.6 is 11.8 Å². The van der Waals surface area contributed by atoms with E-state index in [1.54, 1.807) is 19.1 Å². The number of aliphatic hydroxyl groups is 1. The molecule has 0 spiro atoms. The second kappa shape index (κ2) is 6.98. The number of hydrogen-bond acceptors (Lipinski definition) is 4. The van der Waals surface area contributed by atoms with Crippen molar-refractivity contribution in [2.75, 3.05) is 12.8 Å². The van der Waals surface area contributed by atoms with Gasteiger partial charge >= 0.3 is 0 Å². The Hall–Kier alpha value is -1.79. The van der Waals surface area contributed by atoms with Crippen molar-refractivity contribution in [1.82, 2.24) is 5.32 Å². The first-order valence-electron chi connectivity index (χ1n) is 6.76. The van der Waals surface area contributed by atoms with Gasteiger partial charge in [0.25, 0.3) is 5.91 Å². The Labute approximate surface area is 132 Å². The molecule has 1 aromatic heterocycles. The first-order valence-corrected chi connectivity index (χ1v) is 8.15.